The van der Waals surface area contributed by atoms with Crippen molar-refractivity contribution in [2.24, 2.45) is 0 Å². The molecule has 0 aromatic carbocycles. The molecule has 0 spiro atoms. The SMILES string of the molecule is C=CCNc1nnc(SCc2nc(-c3ccsc3)no2)s1. The summed E-state index contributed by atoms with van der Waals surface area (Å²) < 4.78 is 6.09. The summed E-state index contributed by atoms with van der Waals surface area (Å²) in [5.74, 6) is 1.78. The van der Waals surface area contributed by atoms with Crippen molar-refractivity contribution in [1.82, 2.24) is 20.3 Å². The van der Waals surface area contributed by atoms with E-state index in [0.717, 1.165) is 15.0 Å². The van der Waals surface area contributed by atoms with Crippen molar-refractivity contribution in [3.63, 3.8) is 0 Å². The minimum absolute atomic E-state index is 0.577. The van der Waals surface area contributed by atoms with Crippen molar-refractivity contribution in [3.8, 4) is 11.4 Å². The molecule has 0 saturated heterocycles. The molecule has 3 heterocycles. The van der Waals surface area contributed by atoms with Crippen molar-refractivity contribution >= 4 is 39.6 Å². The zero-order valence-corrected chi connectivity index (χ0v) is 13.3. The predicted octanol–water partition coefficient (Wildman–Crippen LogP) is 3.54. The highest BCUT2D eigenvalue weighted by molar-refractivity contribution is 8.00. The zero-order valence-electron chi connectivity index (χ0n) is 10.9. The second-order valence-electron chi connectivity index (χ2n) is 3.86. The minimum atomic E-state index is 0.577. The van der Waals surface area contributed by atoms with Gasteiger partial charge in [0.15, 0.2) is 4.34 Å². The van der Waals surface area contributed by atoms with Crippen LogP contribution in [0.2, 0.25) is 0 Å². The van der Waals surface area contributed by atoms with Gasteiger partial charge >= 0.3 is 0 Å². The number of hydrogen-bond acceptors (Lipinski definition) is 9. The number of thiophene rings is 1. The average molecular weight is 337 g/mol. The Labute approximate surface area is 133 Å². The monoisotopic (exact) mass is 337 g/mol. The highest BCUT2D eigenvalue weighted by atomic mass is 32.2. The molecule has 0 bridgehead atoms. The Kier molecular flexibility index (Phi) is 4.63. The first-order valence-electron chi connectivity index (χ1n) is 6.01. The first-order chi connectivity index (χ1) is 10.3. The third kappa shape index (κ3) is 3.69. The molecule has 3 aromatic heterocycles. The lowest BCUT2D eigenvalue weighted by Crippen LogP contribution is -1.96. The van der Waals surface area contributed by atoms with Gasteiger partial charge in [-0.05, 0) is 11.4 Å². The summed E-state index contributed by atoms with van der Waals surface area (Å²) in [5, 5.41) is 19.9. The van der Waals surface area contributed by atoms with Crippen LogP contribution in [-0.2, 0) is 5.75 Å². The van der Waals surface area contributed by atoms with Gasteiger partial charge in [0.1, 0.15) is 0 Å². The van der Waals surface area contributed by atoms with E-state index >= 15 is 0 Å². The second kappa shape index (κ2) is 6.83. The smallest absolute Gasteiger partial charge is 0.237 e. The summed E-state index contributed by atoms with van der Waals surface area (Å²) in [7, 11) is 0. The lowest BCUT2D eigenvalue weighted by atomic mass is 10.3. The summed E-state index contributed by atoms with van der Waals surface area (Å²) in [4.78, 5) is 4.36. The number of anilines is 1. The molecule has 0 unspecified atom stereocenters. The standard InChI is InChI=1S/C12H11N5OS3/c1-2-4-13-11-15-16-12(21-11)20-7-9-14-10(17-18-9)8-3-5-19-6-8/h2-3,5-6H,1,4,7H2,(H,13,15). The van der Waals surface area contributed by atoms with Crippen molar-refractivity contribution in [3.05, 3.63) is 35.4 Å². The van der Waals surface area contributed by atoms with E-state index in [9.17, 15) is 0 Å². The van der Waals surface area contributed by atoms with Crippen LogP contribution in [0.3, 0.4) is 0 Å². The second-order valence-corrected chi connectivity index (χ2v) is 6.84. The first kappa shape index (κ1) is 14.2. The van der Waals surface area contributed by atoms with E-state index in [2.05, 4.69) is 32.2 Å². The third-order valence-electron chi connectivity index (χ3n) is 2.37. The van der Waals surface area contributed by atoms with Crippen molar-refractivity contribution < 1.29 is 4.52 Å². The van der Waals surface area contributed by atoms with Gasteiger partial charge in [0, 0.05) is 17.5 Å². The molecule has 0 atom stereocenters. The fourth-order valence-corrected chi connectivity index (χ4v) is 3.68. The van der Waals surface area contributed by atoms with Gasteiger partial charge in [-0.3, -0.25) is 0 Å². The Balaban J connectivity index is 1.57. The van der Waals surface area contributed by atoms with E-state index in [0.29, 0.717) is 24.0 Å². The molecule has 6 nitrogen and oxygen atoms in total. The topological polar surface area (TPSA) is 76.7 Å². The zero-order chi connectivity index (χ0) is 14.5. The summed E-state index contributed by atoms with van der Waals surface area (Å²) in [6, 6.07) is 1.97. The van der Waals surface area contributed by atoms with Gasteiger partial charge < -0.3 is 9.84 Å². The van der Waals surface area contributed by atoms with Crippen LogP contribution in [0.25, 0.3) is 11.4 Å². The summed E-state index contributed by atoms with van der Waals surface area (Å²) >= 11 is 4.62. The molecule has 21 heavy (non-hydrogen) atoms. The molecule has 0 fully saturated rings. The van der Waals surface area contributed by atoms with E-state index in [-0.39, 0.29) is 0 Å². The summed E-state index contributed by atoms with van der Waals surface area (Å²) in [5.41, 5.74) is 0.979. The van der Waals surface area contributed by atoms with Crippen LogP contribution in [0, 0.1) is 0 Å². The van der Waals surface area contributed by atoms with Crippen LogP contribution in [0.5, 0.6) is 0 Å². The van der Waals surface area contributed by atoms with Crippen molar-refractivity contribution in [1.29, 1.82) is 0 Å². The fraction of sp³-hybridized carbons (Fsp3) is 0.167. The molecule has 108 valence electrons. The molecule has 0 saturated carbocycles. The lowest BCUT2D eigenvalue weighted by Gasteiger charge is -1.93. The predicted molar refractivity (Wildman–Crippen MR) is 85.8 cm³/mol. The van der Waals surface area contributed by atoms with Gasteiger partial charge in [0.25, 0.3) is 0 Å². The van der Waals surface area contributed by atoms with Crippen LogP contribution in [0.4, 0.5) is 5.13 Å². The Morgan fingerprint density at radius 1 is 1.43 bits per heavy atom. The molecular weight excluding hydrogens is 326 g/mol. The largest absolute Gasteiger partial charge is 0.357 e. The van der Waals surface area contributed by atoms with E-state index in [1.165, 1.54) is 23.1 Å². The highest BCUT2D eigenvalue weighted by Gasteiger charge is 2.11. The van der Waals surface area contributed by atoms with Gasteiger partial charge in [-0.1, -0.05) is 34.3 Å². The Morgan fingerprint density at radius 2 is 2.38 bits per heavy atom. The van der Waals surface area contributed by atoms with Gasteiger partial charge in [0.2, 0.25) is 16.8 Å². The maximum atomic E-state index is 5.23. The Morgan fingerprint density at radius 3 is 3.19 bits per heavy atom. The molecule has 3 aromatic rings. The van der Waals surface area contributed by atoms with Crippen molar-refractivity contribution in [2.45, 2.75) is 10.1 Å². The van der Waals surface area contributed by atoms with Crippen molar-refractivity contribution in [2.75, 3.05) is 11.9 Å². The number of nitrogens with zero attached hydrogens (tertiary/aromatic N) is 4. The fourth-order valence-electron chi connectivity index (χ4n) is 1.44. The number of rotatable bonds is 7. The maximum absolute atomic E-state index is 5.23. The number of nitrogens with one attached hydrogen (secondary N) is 1. The van der Waals surface area contributed by atoms with E-state index in [1.807, 2.05) is 16.8 Å². The quantitative estimate of drug-likeness (QED) is 0.522. The van der Waals surface area contributed by atoms with Crippen LogP contribution in [0.15, 0.2) is 38.3 Å². The maximum Gasteiger partial charge on any atom is 0.237 e. The molecular formula is C12H11N5OS3. The van der Waals surface area contributed by atoms with Gasteiger partial charge in [-0.2, -0.15) is 16.3 Å². The average Bonchev–Trinajstić information content (AvgIpc) is 3.22. The Bertz CT molecular complexity index is 706. The molecule has 1 N–H and O–H groups in total. The van der Waals surface area contributed by atoms with E-state index in [1.54, 1.807) is 17.4 Å². The summed E-state index contributed by atoms with van der Waals surface area (Å²) in [6.07, 6.45) is 1.78. The minimum Gasteiger partial charge on any atom is -0.357 e. The highest BCUT2D eigenvalue weighted by Crippen LogP contribution is 2.28. The molecule has 0 aliphatic carbocycles. The molecule has 9 heteroatoms. The first-order valence-corrected chi connectivity index (χ1v) is 8.76. The van der Waals surface area contributed by atoms with Crippen LogP contribution < -0.4 is 5.32 Å². The van der Waals surface area contributed by atoms with E-state index < -0.39 is 0 Å². The molecule has 0 aliphatic heterocycles. The van der Waals surface area contributed by atoms with E-state index in [4.69, 9.17) is 4.52 Å². The normalized spacial score (nSPS) is 10.7. The van der Waals surface area contributed by atoms with Gasteiger partial charge in [-0.25, -0.2) is 0 Å². The lowest BCUT2D eigenvalue weighted by molar-refractivity contribution is 0.391. The summed E-state index contributed by atoms with van der Waals surface area (Å²) in [6.45, 7) is 4.32. The Hall–Kier alpha value is -1.71. The van der Waals surface area contributed by atoms with Crippen LogP contribution in [-0.4, -0.2) is 26.9 Å². The van der Waals surface area contributed by atoms with Crippen LogP contribution in [0.1, 0.15) is 5.89 Å². The van der Waals surface area contributed by atoms with Gasteiger partial charge in [0.05, 0.1) is 5.75 Å². The third-order valence-corrected chi connectivity index (χ3v) is 5.05. The number of aromatic nitrogens is 4. The number of thioether (sulfide) groups is 1. The molecule has 0 amide bonds. The molecule has 0 aliphatic rings. The number of hydrogen-bond donors (Lipinski definition) is 1. The molecule has 0 radical (unpaired) electrons. The molecule has 3 rings (SSSR count). The van der Waals surface area contributed by atoms with Crippen LogP contribution >= 0.6 is 34.4 Å². The van der Waals surface area contributed by atoms with Gasteiger partial charge in [-0.15, -0.1) is 16.8 Å².